The van der Waals surface area contributed by atoms with Crippen LogP contribution >= 0.6 is 0 Å². The van der Waals surface area contributed by atoms with Gasteiger partial charge in [0.15, 0.2) is 0 Å². The number of rotatable bonds is 6. The zero-order valence-corrected chi connectivity index (χ0v) is 8.63. The van der Waals surface area contributed by atoms with Gasteiger partial charge in [-0.25, -0.2) is 0 Å². The Hall–Kier alpha value is -0.240. The third-order valence-corrected chi connectivity index (χ3v) is 2.65. The van der Waals surface area contributed by atoms with Crippen LogP contribution < -0.4 is 10.6 Å². The molecule has 0 amide bonds. The largest absolute Gasteiger partial charge is 0.394 e. The van der Waals surface area contributed by atoms with Crippen molar-refractivity contribution in [1.29, 1.82) is 0 Å². The minimum absolute atomic E-state index is 0.213. The third-order valence-electron chi connectivity index (χ3n) is 2.65. The molecule has 1 unspecified atom stereocenters. The number of aliphatic hydroxyl groups is 4. The van der Waals surface area contributed by atoms with Crippen molar-refractivity contribution in [3.8, 4) is 0 Å². The van der Waals surface area contributed by atoms with Crippen molar-refractivity contribution in [2.45, 2.75) is 30.8 Å². The quantitative estimate of drug-likeness (QED) is 0.285. The molecule has 1 rings (SSSR count). The Kier molecular flexibility index (Phi) is 5.44. The summed E-state index contributed by atoms with van der Waals surface area (Å²) in [6.45, 7) is 1.47. The molecule has 0 spiro atoms. The highest BCUT2D eigenvalue weighted by Crippen LogP contribution is 2.01. The summed E-state index contributed by atoms with van der Waals surface area (Å²) in [5, 5.41) is 42.7. The molecule has 6 nitrogen and oxygen atoms in total. The first-order chi connectivity index (χ1) is 7.15. The summed E-state index contributed by atoms with van der Waals surface area (Å²) >= 11 is 0. The molecule has 0 radical (unpaired) electrons. The van der Waals surface area contributed by atoms with E-state index in [-0.39, 0.29) is 6.54 Å². The highest BCUT2D eigenvalue weighted by Gasteiger charge is 2.25. The van der Waals surface area contributed by atoms with Crippen molar-refractivity contribution in [1.82, 2.24) is 10.6 Å². The second-order valence-corrected chi connectivity index (χ2v) is 3.91. The fraction of sp³-hybridized carbons (Fsp3) is 1.00. The molecule has 1 aliphatic heterocycles. The lowest BCUT2D eigenvalue weighted by atomic mass is 10.1. The fourth-order valence-corrected chi connectivity index (χ4v) is 1.60. The molecule has 0 aromatic rings. The van der Waals surface area contributed by atoms with Crippen LogP contribution in [0.5, 0.6) is 0 Å². The van der Waals surface area contributed by atoms with E-state index in [4.69, 9.17) is 10.2 Å². The predicted octanol–water partition coefficient (Wildman–Crippen LogP) is -2.99. The molecule has 6 heteroatoms. The van der Waals surface area contributed by atoms with Gasteiger partial charge in [-0.1, -0.05) is 0 Å². The number of nitrogens with one attached hydrogen (secondary N) is 2. The van der Waals surface area contributed by atoms with Gasteiger partial charge in [-0.15, -0.1) is 0 Å². The normalized spacial score (nSPS) is 27.6. The number of aliphatic hydroxyl groups excluding tert-OH is 4. The highest BCUT2D eigenvalue weighted by molar-refractivity contribution is 4.81. The van der Waals surface area contributed by atoms with Gasteiger partial charge in [0.25, 0.3) is 0 Å². The van der Waals surface area contributed by atoms with Crippen molar-refractivity contribution in [3.05, 3.63) is 0 Å². The Bertz CT molecular complexity index is 175. The first-order valence-corrected chi connectivity index (χ1v) is 5.24. The van der Waals surface area contributed by atoms with Crippen LogP contribution in [0, 0.1) is 0 Å². The number of hydrogen-bond donors (Lipinski definition) is 6. The molecule has 6 N–H and O–H groups in total. The average Bonchev–Trinajstić information content (AvgIpc) is 2.76. The van der Waals surface area contributed by atoms with Crippen LogP contribution in [-0.4, -0.2) is 71.0 Å². The van der Waals surface area contributed by atoms with Crippen molar-refractivity contribution in [3.63, 3.8) is 0 Å². The zero-order valence-electron chi connectivity index (χ0n) is 8.63. The van der Waals surface area contributed by atoms with E-state index in [1.54, 1.807) is 0 Å². The summed E-state index contributed by atoms with van der Waals surface area (Å²) in [5.41, 5.74) is 0. The molecule has 0 bridgehead atoms. The van der Waals surface area contributed by atoms with Gasteiger partial charge in [-0.3, -0.25) is 0 Å². The molecule has 1 fully saturated rings. The SMILES string of the molecule is OC[C@H](O)[C@H](O)[C@@H](O)CNC1CCNC1. The predicted molar refractivity (Wildman–Crippen MR) is 54.4 cm³/mol. The lowest BCUT2D eigenvalue weighted by molar-refractivity contribution is -0.0754. The molecule has 15 heavy (non-hydrogen) atoms. The van der Waals surface area contributed by atoms with Gasteiger partial charge in [-0.05, 0) is 13.0 Å². The van der Waals surface area contributed by atoms with Gasteiger partial charge in [0.2, 0.25) is 0 Å². The molecule has 1 aliphatic rings. The van der Waals surface area contributed by atoms with Crippen molar-refractivity contribution in [2.75, 3.05) is 26.2 Å². The van der Waals surface area contributed by atoms with Crippen LogP contribution in [0.3, 0.4) is 0 Å². The number of hydrogen-bond acceptors (Lipinski definition) is 6. The van der Waals surface area contributed by atoms with Gasteiger partial charge in [0.1, 0.15) is 12.2 Å². The molecule has 0 aromatic heterocycles. The van der Waals surface area contributed by atoms with Gasteiger partial charge in [0.05, 0.1) is 12.7 Å². The van der Waals surface area contributed by atoms with Crippen LogP contribution in [0.4, 0.5) is 0 Å². The first kappa shape index (κ1) is 12.8. The summed E-state index contributed by atoms with van der Waals surface area (Å²) in [7, 11) is 0. The molecular weight excluding hydrogens is 200 g/mol. The monoisotopic (exact) mass is 220 g/mol. The van der Waals surface area contributed by atoms with Gasteiger partial charge in [-0.2, -0.15) is 0 Å². The lowest BCUT2D eigenvalue weighted by Gasteiger charge is -2.23. The van der Waals surface area contributed by atoms with Crippen molar-refractivity contribution in [2.24, 2.45) is 0 Å². The fourth-order valence-electron chi connectivity index (χ4n) is 1.60. The Morgan fingerprint density at radius 1 is 1.27 bits per heavy atom. The van der Waals surface area contributed by atoms with Gasteiger partial charge < -0.3 is 31.1 Å². The minimum Gasteiger partial charge on any atom is -0.394 e. The molecule has 1 heterocycles. The van der Waals surface area contributed by atoms with E-state index in [9.17, 15) is 10.2 Å². The van der Waals surface area contributed by atoms with Gasteiger partial charge in [0, 0.05) is 19.1 Å². The maximum atomic E-state index is 9.48. The standard InChI is InChI=1S/C9H20N2O4/c12-5-8(14)9(15)7(13)4-11-6-1-2-10-3-6/h6-15H,1-5H2/t6?,7-,8-,9+/m0/s1. The highest BCUT2D eigenvalue weighted by atomic mass is 16.4. The van der Waals surface area contributed by atoms with E-state index < -0.39 is 24.9 Å². The second-order valence-electron chi connectivity index (χ2n) is 3.91. The van der Waals surface area contributed by atoms with Crippen LogP contribution in [0.25, 0.3) is 0 Å². The van der Waals surface area contributed by atoms with E-state index in [2.05, 4.69) is 10.6 Å². The van der Waals surface area contributed by atoms with Crippen LogP contribution in [-0.2, 0) is 0 Å². The van der Waals surface area contributed by atoms with E-state index >= 15 is 0 Å². The minimum atomic E-state index is -1.31. The molecule has 0 aliphatic carbocycles. The maximum Gasteiger partial charge on any atom is 0.109 e. The molecule has 90 valence electrons. The first-order valence-electron chi connectivity index (χ1n) is 5.24. The zero-order chi connectivity index (χ0) is 11.3. The molecule has 4 atom stereocenters. The third kappa shape index (κ3) is 4.02. The van der Waals surface area contributed by atoms with Crippen molar-refractivity contribution >= 4 is 0 Å². The molecular formula is C9H20N2O4. The summed E-state index contributed by atoms with van der Waals surface area (Å²) in [4.78, 5) is 0. The Balaban J connectivity index is 2.19. The maximum absolute atomic E-state index is 9.48. The average molecular weight is 220 g/mol. The van der Waals surface area contributed by atoms with Gasteiger partial charge >= 0.3 is 0 Å². The van der Waals surface area contributed by atoms with Crippen molar-refractivity contribution < 1.29 is 20.4 Å². The van der Waals surface area contributed by atoms with Crippen LogP contribution in [0.2, 0.25) is 0 Å². The lowest BCUT2D eigenvalue weighted by Crippen LogP contribution is -2.47. The topological polar surface area (TPSA) is 105 Å². The van der Waals surface area contributed by atoms with E-state index in [0.29, 0.717) is 6.04 Å². The molecule has 0 saturated carbocycles. The Morgan fingerprint density at radius 2 is 2.00 bits per heavy atom. The summed E-state index contributed by atoms with van der Waals surface area (Å²) in [5.74, 6) is 0. The summed E-state index contributed by atoms with van der Waals surface area (Å²) < 4.78 is 0. The van der Waals surface area contributed by atoms with E-state index in [1.807, 2.05) is 0 Å². The van der Waals surface area contributed by atoms with Crippen LogP contribution in [0.15, 0.2) is 0 Å². The summed E-state index contributed by atoms with van der Waals surface area (Å²) in [6.07, 6.45) is -2.67. The Morgan fingerprint density at radius 3 is 2.53 bits per heavy atom. The van der Waals surface area contributed by atoms with Crippen LogP contribution in [0.1, 0.15) is 6.42 Å². The summed E-state index contributed by atoms with van der Waals surface area (Å²) in [6, 6.07) is 0.304. The second kappa shape index (κ2) is 6.37. The molecule has 0 aromatic carbocycles. The van der Waals surface area contributed by atoms with E-state index in [1.165, 1.54) is 0 Å². The molecule has 1 saturated heterocycles. The Labute approximate surface area is 88.9 Å². The smallest absolute Gasteiger partial charge is 0.109 e. The van der Waals surface area contributed by atoms with E-state index in [0.717, 1.165) is 19.5 Å².